The number of hydrogen-bond donors (Lipinski definition) is 1. The van der Waals surface area contributed by atoms with Crippen molar-refractivity contribution in [3.63, 3.8) is 0 Å². The summed E-state index contributed by atoms with van der Waals surface area (Å²) in [6, 6.07) is -0.404. The normalized spacial score (nSPS) is 28.5. The molecule has 130 valence electrons. The lowest BCUT2D eigenvalue weighted by atomic mass is 9.81. The van der Waals surface area contributed by atoms with Gasteiger partial charge in [-0.1, -0.05) is 6.92 Å². The Balaban J connectivity index is 2.10. The van der Waals surface area contributed by atoms with Crippen molar-refractivity contribution in [3.05, 3.63) is 0 Å². The third-order valence-electron chi connectivity index (χ3n) is 5.10. The maximum absolute atomic E-state index is 12.9. The molecule has 2 amide bonds. The minimum atomic E-state index is -0.874. The van der Waals surface area contributed by atoms with Crippen LogP contribution < -0.4 is 0 Å². The van der Waals surface area contributed by atoms with E-state index in [9.17, 15) is 19.5 Å². The molecule has 2 heterocycles. The Morgan fingerprint density at radius 3 is 2.57 bits per heavy atom. The number of carbonyl (C=O) groups excluding carboxylic acids is 2. The summed E-state index contributed by atoms with van der Waals surface area (Å²) in [6.45, 7) is 5.14. The number of carboxylic acid groups (broad SMARTS) is 1. The third-order valence-corrected chi connectivity index (χ3v) is 5.10. The van der Waals surface area contributed by atoms with Gasteiger partial charge in [-0.15, -0.1) is 0 Å². The van der Waals surface area contributed by atoms with Crippen LogP contribution in [0.3, 0.4) is 0 Å². The summed E-state index contributed by atoms with van der Waals surface area (Å²) in [7, 11) is 0. The van der Waals surface area contributed by atoms with Crippen LogP contribution in [0.5, 0.6) is 0 Å². The topological polar surface area (TPSA) is 77.9 Å². The Hall–Kier alpha value is -1.59. The van der Waals surface area contributed by atoms with E-state index in [2.05, 4.69) is 0 Å². The van der Waals surface area contributed by atoms with Gasteiger partial charge in [0.25, 0.3) is 0 Å². The van der Waals surface area contributed by atoms with Crippen LogP contribution in [0, 0.1) is 5.41 Å². The number of carboxylic acids is 1. The van der Waals surface area contributed by atoms with E-state index in [1.54, 1.807) is 16.7 Å². The average molecular weight is 324 g/mol. The first-order valence-corrected chi connectivity index (χ1v) is 8.70. The maximum atomic E-state index is 12.9. The van der Waals surface area contributed by atoms with E-state index in [0.717, 1.165) is 19.3 Å². The highest BCUT2D eigenvalue weighted by Crippen LogP contribution is 2.31. The molecular formula is C17H28N2O4. The van der Waals surface area contributed by atoms with Gasteiger partial charge in [0.2, 0.25) is 11.8 Å². The molecule has 0 saturated carbocycles. The number of rotatable bonds is 4. The van der Waals surface area contributed by atoms with Crippen LogP contribution in [0.2, 0.25) is 0 Å². The molecule has 0 aromatic carbocycles. The van der Waals surface area contributed by atoms with E-state index in [1.165, 1.54) is 0 Å². The first-order valence-electron chi connectivity index (χ1n) is 8.70. The monoisotopic (exact) mass is 324 g/mol. The lowest BCUT2D eigenvalue weighted by Gasteiger charge is -2.42. The lowest BCUT2D eigenvalue weighted by molar-refractivity contribution is -0.157. The van der Waals surface area contributed by atoms with Crippen molar-refractivity contribution in [2.45, 2.75) is 64.8 Å². The Morgan fingerprint density at radius 2 is 1.91 bits per heavy atom. The molecule has 23 heavy (non-hydrogen) atoms. The zero-order valence-corrected chi connectivity index (χ0v) is 14.2. The number of likely N-dealkylation sites (tertiary alicyclic amines) is 2. The molecule has 1 N–H and O–H groups in total. The van der Waals surface area contributed by atoms with Crippen LogP contribution in [0.25, 0.3) is 0 Å². The predicted molar refractivity (Wildman–Crippen MR) is 85.8 cm³/mol. The SMILES string of the molecule is CCCC(=O)N1CCCCC1C(=O)N1CCCC(C)(C(=O)O)C1. The molecule has 6 nitrogen and oxygen atoms in total. The predicted octanol–water partition coefficient (Wildman–Crippen LogP) is 1.88. The Bertz CT molecular complexity index is 479. The summed E-state index contributed by atoms with van der Waals surface area (Å²) >= 11 is 0. The summed E-state index contributed by atoms with van der Waals surface area (Å²) in [5.74, 6) is -0.873. The highest BCUT2D eigenvalue weighted by atomic mass is 16.4. The fraction of sp³-hybridized carbons (Fsp3) is 0.824. The number of nitrogens with zero attached hydrogens (tertiary/aromatic N) is 2. The zero-order chi connectivity index (χ0) is 17.0. The summed E-state index contributed by atoms with van der Waals surface area (Å²) < 4.78 is 0. The molecule has 2 rings (SSSR count). The molecule has 6 heteroatoms. The van der Waals surface area contributed by atoms with Gasteiger partial charge in [-0.05, 0) is 45.4 Å². The van der Waals surface area contributed by atoms with Crippen LogP contribution in [0.4, 0.5) is 0 Å². The van der Waals surface area contributed by atoms with Gasteiger partial charge in [0.1, 0.15) is 6.04 Å². The molecule has 2 aliphatic rings. The molecular weight excluding hydrogens is 296 g/mol. The fourth-order valence-corrected chi connectivity index (χ4v) is 3.66. The van der Waals surface area contributed by atoms with E-state index in [4.69, 9.17) is 0 Å². The molecule has 0 aromatic rings. The number of piperidine rings is 2. The number of carbonyl (C=O) groups is 3. The molecule has 0 aliphatic carbocycles. The maximum Gasteiger partial charge on any atom is 0.311 e. The number of aliphatic carboxylic acids is 1. The Labute approximate surface area is 137 Å². The summed E-state index contributed by atoms with van der Waals surface area (Å²) in [6.07, 6.45) is 5.10. The molecule has 0 bridgehead atoms. The summed E-state index contributed by atoms with van der Waals surface area (Å²) in [4.78, 5) is 40.1. The van der Waals surface area contributed by atoms with Gasteiger partial charge < -0.3 is 14.9 Å². The van der Waals surface area contributed by atoms with E-state index in [0.29, 0.717) is 38.8 Å². The van der Waals surface area contributed by atoms with E-state index in [1.807, 2.05) is 6.92 Å². The standard InChI is InChI=1S/C17H28N2O4/c1-3-7-14(20)19-11-5-4-8-13(19)15(21)18-10-6-9-17(2,12-18)16(22)23/h13H,3-12H2,1-2H3,(H,22,23). The van der Waals surface area contributed by atoms with Crippen LogP contribution in [0.1, 0.15) is 58.8 Å². The fourth-order valence-electron chi connectivity index (χ4n) is 3.66. The molecule has 2 atom stereocenters. The van der Waals surface area contributed by atoms with Gasteiger partial charge in [0.15, 0.2) is 0 Å². The van der Waals surface area contributed by atoms with Crippen molar-refractivity contribution in [3.8, 4) is 0 Å². The molecule has 0 aromatic heterocycles. The largest absolute Gasteiger partial charge is 0.481 e. The Kier molecular flexibility index (Phi) is 5.65. The van der Waals surface area contributed by atoms with Crippen molar-refractivity contribution in [1.82, 2.24) is 9.80 Å². The van der Waals surface area contributed by atoms with Crippen LogP contribution >= 0.6 is 0 Å². The zero-order valence-electron chi connectivity index (χ0n) is 14.2. The highest BCUT2D eigenvalue weighted by Gasteiger charge is 2.42. The van der Waals surface area contributed by atoms with Crippen molar-refractivity contribution in [2.75, 3.05) is 19.6 Å². The average Bonchev–Trinajstić information content (AvgIpc) is 2.54. The van der Waals surface area contributed by atoms with Crippen molar-refractivity contribution in [1.29, 1.82) is 0 Å². The van der Waals surface area contributed by atoms with Crippen LogP contribution in [0.15, 0.2) is 0 Å². The second-order valence-corrected chi connectivity index (χ2v) is 7.08. The molecule has 2 unspecified atom stereocenters. The van der Waals surface area contributed by atoms with E-state index >= 15 is 0 Å². The van der Waals surface area contributed by atoms with Crippen LogP contribution in [-0.4, -0.2) is 58.4 Å². The first-order chi connectivity index (χ1) is 10.9. The molecule has 2 saturated heterocycles. The lowest BCUT2D eigenvalue weighted by Crippen LogP contribution is -2.57. The van der Waals surface area contributed by atoms with E-state index in [-0.39, 0.29) is 18.4 Å². The van der Waals surface area contributed by atoms with Gasteiger partial charge in [0.05, 0.1) is 5.41 Å². The van der Waals surface area contributed by atoms with Crippen molar-refractivity contribution >= 4 is 17.8 Å². The van der Waals surface area contributed by atoms with Crippen molar-refractivity contribution < 1.29 is 19.5 Å². The van der Waals surface area contributed by atoms with Crippen molar-refractivity contribution in [2.24, 2.45) is 5.41 Å². The van der Waals surface area contributed by atoms with Gasteiger partial charge in [-0.25, -0.2) is 0 Å². The van der Waals surface area contributed by atoms with Gasteiger partial charge in [0, 0.05) is 26.1 Å². The third kappa shape index (κ3) is 3.85. The number of amides is 2. The quantitative estimate of drug-likeness (QED) is 0.856. The second-order valence-electron chi connectivity index (χ2n) is 7.08. The minimum Gasteiger partial charge on any atom is -0.481 e. The Morgan fingerprint density at radius 1 is 1.17 bits per heavy atom. The molecule has 0 radical (unpaired) electrons. The summed E-state index contributed by atoms with van der Waals surface area (Å²) in [5, 5.41) is 9.42. The first kappa shape index (κ1) is 17.8. The summed E-state index contributed by atoms with van der Waals surface area (Å²) in [5.41, 5.74) is -0.874. The second kappa shape index (κ2) is 7.32. The van der Waals surface area contributed by atoms with E-state index < -0.39 is 17.4 Å². The molecule has 2 aliphatic heterocycles. The molecule has 0 spiro atoms. The highest BCUT2D eigenvalue weighted by molar-refractivity contribution is 5.88. The van der Waals surface area contributed by atoms with Gasteiger partial charge in [-0.2, -0.15) is 0 Å². The van der Waals surface area contributed by atoms with Gasteiger partial charge in [-0.3, -0.25) is 14.4 Å². The smallest absolute Gasteiger partial charge is 0.311 e. The number of hydrogen-bond acceptors (Lipinski definition) is 3. The van der Waals surface area contributed by atoms with Gasteiger partial charge >= 0.3 is 5.97 Å². The van der Waals surface area contributed by atoms with Crippen LogP contribution in [-0.2, 0) is 14.4 Å². The molecule has 2 fully saturated rings. The minimum absolute atomic E-state index is 0.0450.